The number of ether oxygens (including phenoxy) is 1. The fourth-order valence-corrected chi connectivity index (χ4v) is 2.45. The third-order valence-corrected chi connectivity index (χ3v) is 3.64. The third-order valence-electron chi connectivity index (χ3n) is 2.86. The molecule has 2 rings (SSSR count). The maximum atomic E-state index is 13.9. The molecule has 0 spiro atoms. The Morgan fingerprint density at radius 1 is 1.55 bits per heavy atom. The molecule has 20 heavy (non-hydrogen) atoms. The van der Waals surface area contributed by atoms with Gasteiger partial charge in [-0.05, 0) is 12.1 Å². The molecule has 108 valence electrons. The fourth-order valence-electron chi connectivity index (χ4n) is 1.87. The van der Waals surface area contributed by atoms with Gasteiger partial charge in [-0.25, -0.2) is 4.39 Å². The van der Waals surface area contributed by atoms with Gasteiger partial charge >= 0.3 is 0 Å². The van der Waals surface area contributed by atoms with Crippen molar-refractivity contribution in [2.24, 2.45) is 0 Å². The van der Waals surface area contributed by atoms with E-state index in [4.69, 9.17) is 16.3 Å². The summed E-state index contributed by atoms with van der Waals surface area (Å²) in [4.78, 5) is 0. The average molecular weight is 364 g/mol. The molecule has 1 heterocycles. The van der Waals surface area contributed by atoms with Crippen molar-refractivity contribution < 1.29 is 14.2 Å². The van der Waals surface area contributed by atoms with Gasteiger partial charge in [0.15, 0.2) is 0 Å². The van der Waals surface area contributed by atoms with Crippen molar-refractivity contribution in [3.8, 4) is 0 Å². The first-order valence-corrected chi connectivity index (χ1v) is 7.05. The second kappa shape index (κ2) is 6.67. The van der Waals surface area contributed by atoms with Crippen LogP contribution in [0.2, 0.25) is 5.02 Å². The zero-order valence-corrected chi connectivity index (χ0v) is 13.0. The number of nitrogens with zero attached hydrogens (tertiary/aromatic N) is 2. The number of aliphatic hydroxyl groups excluding tert-OH is 1. The van der Waals surface area contributed by atoms with E-state index in [-0.39, 0.29) is 10.6 Å². The van der Waals surface area contributed by atoms with Crippen LogP contribution in [0, 0.1) is 5.82 Å². The van der Waals surface area contributed by atoms with Gasteiger partial charge in [-0.1, -0.05) is 33.6 Å². The number of hydrogen-bond donors (Lipinski definition) is 1. The third kappa shape index (κ3) is 3.20. The minimum atomic E-state index is -1.19. The summed E-state index contributed by atoms with van der Waals surface area (Å²) in [6, 6.07) is 4.46. The van der Waals surface area contributed by atoms with Gasteiger partial charge in [0.25, 0.3) is 0 Å². The number of hydrogen-bond acceptors (Lipinski definition) is 3. The molecular weight excluding hydrogens is 351 g/mol. The van der Waals surface area contributed by atoms with Crippen LogP contribution in [0.4, 0.5) is 4.39 Å². The van der Waals surface area contributed by atoms with Crippen LogP contribution in [0.15, 0.2) is 28.9 Å². The minimum Gasteiger partial charge on any atom is -0.383 e. The van der Waals surface area contributed by atoms with E-state index in [1.54, 1.807) is 13.2 Å². The van der Waals surface area contributed by atoms with E-state index in [1.807, 2.05) is 0 Å². The lowest BCUT2D eigenvalue weighted by Crippen LogP contribution is -2.14. The Balaban J connectivity index is 2.37. The van der Waals surface area contributed by atoms with E-state index >= 15 is 0 Å². The predicted octanol–water partition coefficient (Wildman–Crippen LogP) is 3.17. The van der Waals surface area contributed by atoms with Crippen LogP contribution in [0.3, 0.4) is 0 Å². The first-order valence-electron chi connectivity index (χ1n) is 5.87. The second-order valence-corrected chi connectivity index (χ2v) is 5.48. The van der Waals surface area contributed by atoms with Gasteiger partial charge in [-0.2, -0.15) is 5.10 Å². The quantitative estimate of drug-likeness (QED) is 0.887. The Bertz CT molecular complexity index is 606. The molecule has 0 saturated heterocycles. The number of halogens is 3. The lowest BCUT2D eigenvalue weighted by molar-refractivity contribution is 0.170. The molecule has 0 fully saturated rings. The molecule has 4 nitrogen and oxygen atoms in total. The molecule has 1 aromatic heterocycles. The zero-order chi connectivity index (χ0) is 14.7. The van der Waals surface area contributed by atoms with Crippen LogP contribution in [-0.4, -0.2) is 28.6 Å². The summed E-state index contributed by atoms with van der Waals surface area (Å²) < 4.78 is 21.0. The monoisotopic (exact) mass is 362 g/mol. The van der Waals surface area contributed by atoms with Gasteiger partial charge in [0.05, 0.1) is 30.1 Å². The molecule has 1 aromatic carbocycles. The van der Waals surface area contributed by atoms with Gasteiger partial charge < -0.3 is 9.84 Å². The van der Waals surface area contributed by atoms with Crippen molar-refractivity contribution in [2.75, 3.05) is 13.7 Å². The van der Waals surface area contributed by atoms with E-state index in [2.05, 4.69) is 21.0 Å². The van der Waals surface area contributed by atoms with E-state index in [1.165, 1.54) is 23.0 Å². The first-order chi connectivity index (χ1) is 9.54. The van der Waals surface area contributed by atoms with Gasteiger partial charge in [-0.15, -0.1) is 0 Å². The first kappa shape index (κ1) is 15.4. The number of methoxy groups -OCH3 is 1. The highest BCUT2D eigenvalue weighted by molar-refractivity contribution is 9.10. The summed E-state index contributed by atoms with van der Waals surface area (Å²) in [6.07, 6.45) is 0.238. The number of rotatable bonds is 5. The molecule has 0 saturated carbocycles. The summed E-state index contributed by atoms with van der Waals surface area (Å²) in [7, 11) is 1.57. The number of aromatic nitrogens is 2. The van der Waals surface area contributed by atoms with Crippen molar-refractivity contribution in [1.82, 2.24) is 9.78 Å². The summed E-state index contributed by atoms with van der Waals surface area (Å²) in [5.41, 5.74) is 0.499. The van der Waals surface area contributed by atoms with E-state index in [9.17, 15) is 9.50 Å². The molecule has 7 heteroatoms. The molecule has 1 N–H and O–H groups in total. The standard InChI is InChI=1S/C13H13BrClFN2O2/c1-20-5-4-18-12(10(15)7-17-18)13(19)9-3-2-8(14)6-11(9)16/h2-3,6-7,13,19H,4-5H2,1H3. The second-order valence-electron chi connectivity index (χ2n) is 4.16. The molecule has 1 atom stereocenters. The maximum Gasteiger partial charge on any atom is 0.130 e. The Morgan fingerprint density at radius 3 is 2.95 bits per heavy atom. The van der Waals surface area contributed by atoms with Gasteiger partial charge in [-0.3, -0.25) is 4.68 Å². The van der Waals surface area contributed by atoms with Gasteiger partial charge in [0, 0.05) is 17.1 Å². The van der Waals surface area contributed by atoms with Crippen LogP contribution in [0.25, 0.3) is 0 Å². The topological polar surface area (TPSA) is 47.3 Å². The lowest BCUT2D eigenvalue weighted by atomic mass is 10.1. The number of aliphatic hydroxyl groups is 1. The highest BCUT2D eigenvalue weighted by atomic mass is 79.9. The molecular formula is C13H13BrClFN2O2. The van der Waals surface area contributed by atoms with Crippen LogP contribution < -0.4 is 0 Å². The molecule has 2 aromatic rings. The molecule has 0 aliphatic rings. The van der Waals surface area contributed by atoms with E-state index < -0.39 is 11.9 Å². The Hall–Kier alpha value is -0.950. The Labute approximate surface area is 129 Å². The van der Waals surface area contributed by atoms with Crippen LogP contribution in [0.5, 0.6) is 0 Å². The van der Waals surface area contributed by atoms with Crippen LogP contribution in [-0.2, 0) is 11.3 Å². The summed E-state index contributed by atoms with van der Waals surface area (Å²) >= 11 is 9.21. The normalized spacial score (nSPS) is 12.7. The summed E-state index contributed by atoms with van der Waals surface area (Å²) in [6.45, 7) is 0.842. The van der Waals surface area contributed by atoms with Crippen LogP contribution in [0.1, 0.15) is 17.4 Å². The van der Waals surface area contributed by atoms with Crippen molar-refractivity contribution in [3.05, 3.63) is 51.0 Å². The zero-order valence-electron chi connectivity index (χ0n) is 10.7. The van der Waals surface area contributed by atoms with Crippen molar-refractivity contribution in [1.29, 1.82) is 0 Å². The lowest BCUT2D eigenvalue weighted by Gasteiger charge is -2.15. The Kier molecular flexibility index (Phi) is 5.15. The molecule has 0 aliphatic carbocycles. The summed E-state index contributed by atoms with van der Waals surface area (Å²) in [5.74, 6) is -0.512. The highest BCUT2D eigenvalue weighted by Gasteiger charge is 2.22. The SMILES string of the molecule is COCCn1ncc(Cl)c1C(O)c1ccc(Br)cc1F. The van der Waals surface area contributed by atoms with Gasteiger partial charge in [0.1, 0.15) is 11.9 Å². The van der Waals surface area contributed by atoms with Crippen LogP contribution >= 0.6 is 27.5 Å². The molecule has 0 radical (unpaired) electrons. The minimum absolute atomic E-state index is 0.147. The maximum absolute atomic E-state index is 13.9. The van der Waals surface area contributed by atoms with E-state index in [0.29, 0.717) is 23.3 Å². The molecule has 0 aliphatic heterocycles. The predicted molar refractivity (Wildman–Crippen MR) is 77.3 cm³/mol. The molecule has 0 amide bonds. The molecule has 1 unspecified atom stereocenters. The smallest absolute Gasteiger partial charge is 0.130 e. The average Bonchev–Trinajstić information content (AvgIpc) is 2.77. The van der Waals surface area contributed by atoms with Crippen molar-refractivity contribution >= 4 is 27.5 Å². The largest absolute Gasteiger partial charge is 0.383 e. The van der Waals surface area contributed by atoms with Crippen molar-refractivity contribution in [3.63, 3.8) is 0 Å². The molecule has 0 bridgehead atoms. The number of benzene rings is 1. The highest BCUT2D eigenvalue weighted by Crippen LogP contribution is 2.30. The Morgan fingerprint density at radius 2 is 2.30 bits per heavy atom. The van der Waals surface area contributed by atoms with E-state index in [0.717, 1.165) is 0 Å². The summed E-state index contributed by atoms with van der Waals surface area (Å²) in [5, 5.41) is 14.7. The van der Waals surface area contributed by atoms with Crippen molar-refractivity contribution in [2.45, 2.75) is 12.6 Å². The fraction of sp³-hybridized carbons (Fsp3) is 0.308. The van der Waals surface area contributed by atoms with Gasteiger partial charge in [0.2, 0.25) is 0 Å².